The van der Waals surface area contributed by atoms with E-state index in [0.29, 0.717) is 16.9 Å². The topological polar surface area (TPSA) is 47.3 Å². The number of hydrazine groups is 1. The molecule has 0 aliphatic carbocycles. The summed E-state index contributed by atoms with van der Waals surface area (Å²) in [4.78, 5) is 0. The van der Waals surface area contributed by atoms with Crippen molar-refractivity contribution in [1.82, 2.24) is 5.43 Å². The van der Waals surface area contributed by atoms with Gasteiger partial charge in [-0.2, -0.15) is 0 Å². The lowest BCUT2D eigenvalue weighted by molar-refractivity contribution is 0.403. The monoisotopic (exact) mass is 274 g/mol. The van der Waals surface area contributed by atoms with Gasteiger partial charge in [0.2, 0.25) is 0 Å². The third-order valence-electron chi connectivity index (χ3n) is 3.40. The van der Waals surface area contributed by atoms with Crippen molar-refractivity contribution in [2.75, 3.05) is 7.11 Å². The zero-order chi connectivity index (χ0) is 14.7. The van der Waals surface area contributed by atoms with E-state index in [1.807, 2.05) is 31.2 Å². The van der Waals surface area contributed by atoms with Gasteiger partial charge in [-0.05, 0) is 25.5 Å². The van der Waals surface area contributed by atoms with E-state index in [-0.39, 0.29) is 5.82 Å². The molecule has 1 unspecified atom stereocenters. The lowest BCUT2D eigenvalue weighted by Gasteiger charge is -2.21. The maximum atomic E-state index is 14.3. The number of hydrogen-bond acceptors (Lipinski definition) is 3. The zero-order valence-electron chi connectivity index (χ0n) is 11.9. The molecule has 106 valence electrons. The van der Waals surface area contributed by atoms with Crippen LogP contribution >= 0.6 is 0 Å². The van der Waals surface area contributed by atoms with Crippen molar-refractivity contribution in [3.05, 3.63) is 64.5 Å². The van der Waals surface area contributed by atoms with Crippen molar-refractivity contribution in [2.24, 2.45) is 5.84 Å². The van der Waals surface area contributed by atoms with E-state index in [0.717, 1.165) is 11.1 Å². The fraction of sp³-hybridized carbons (Fsp3) is 0.250. The molecule has 0 fully saturated rings. The van der Waals surface area contributed by atoms with Crippen LogP contribution in [0.3, 0.4) is 0 Å². The first-order chi connectivity index (χ1) is 9.58. The molecule has 0 aromatic heterocycles. The molecule has 0 aliphatic rings. The number of nitrogens with one attached hydrogen (secondary N) is 1. The van der Waals surface area contributed by atoms with Gasteiger partial charge in [0.1, 0.15) is 11.6 Å². The predicted octanol–water partition coefficient (Wildman–Crippen LogP) is 3.00. The second kappa shape index (κ2) is 6.03. The number of halogens is 1. The highest BCUT2D eigenvalue weighted by Gasteiger charge is 2.21. The number of methoxy groups -OCH3 is 1. The molecule has 0 aliphatic heterocycles. The maximum Gasteiger partial charge on any atom is 0.131 e. The number of nitrogens with two attached hydrogens (primary N) is 1. The van der Waals surface area contributed by atoms with Gasteiger partial charge in [-0.25, -0.2) is 9.82 Å². The van der Waals surface area contributed by atoms with Gasteiger partial charge in [-0.15, -0.1) is 0 Å². The fourth-order valence-electron chi connectivity index (χ4n) is 2.32. The highest BCUT2D eigenvalue weighted by atomic mass is 19.1. The number of rotatable bonds is 4. The van der Waals surface area contributed by atoms with E-state index in [9.17, 15) is 4.39 Å². The van der Waals surface area contributed by atoms with Crippen LogP contribution in [0.25, 0.3) is 0 Å². The first-order valence-corrected chi connectivity index (χ1v) is 6.44. The molecule has 0 saturated heterocycles. The minimum absolute atomic E-state index is 0.251. The first kappa shape index (κ1) is 14.5. The number of benzene rings is 2. The molecular formula is C16H19FN2O. The molecule has 0 radical (unpaired) electrons. The normalized spacial score (nSPS) is 12.2. The van der Waals surface area contributed by atoms with Crippen molar-refractivity contribution in [1.29, 1.82) is 0 Å². The van der Waals surface area contributed by atoms with Crippen molar-refractivity contribution < 1.29 is 9.13 Å². The van der Waals surface area contributed by atoms with Crippen molar-refractivity contribution >= 4 is 0 Å². The smallest absolute Gasteiger partial charge is 0.131 e. The standard InChI is InChI=1S/C16H19FN2O/c1-10-7-8-14(20-3)13(9-10)16(19-18)12-6-4-5-11(2)15(12)17/h4-9,16,19H,18H2,1-3H3. The van der Waals surface area contributed by atoms with Crippen LogP contribution in [0.4, 0.5) is 4.39 Å². The summed E-state index contributed by atoms with van der Waals surface area (Å²) in [5, 5.41) is 0. The van der Waals surface area contributed by atoms with Crippen LogP contribution in [0.1, 0.15) is 28.3 Å². The van der Waals surface area contributed by atoms with Gasteiger partial charge in [0.15, 0.2) is 0 Å². The fourth-order valence-corrected chi connectivity index (χ4v) is 2.32. The molecule has 4 heteroatoms. The van der Waals surface area contributed by atoms with Crippen LogP contribution in [0.5, 0.6) is 5.75 Å². The van der Waals surface area contributed by atoms with Crippen LogP contribution in [0, 0.1) is 19.7 Å². The predicted molar refractivity (Wildman–Crippen MR) is 78.0 cm³/mol. The highest BCUT2D eigenvalue weighted by molar-refractivity contribution is 5.44. The molecule has 0 amide bonds. The summed E-state index contributed by atoms with van der Waals surface area (Å²) < 4.78 is 19.7. The zero-order valence-corrected chi connectivity index (χ0v) is 11.9. The minimum Gasteiger partial charge on any atom is -0.496 e. The summed E-state index contributed by atoms with van der Waals surface area (Å²) in [7, 11) is 1.59. The summed E-state index contributed by atoms with van der Waals surface area (Å²) in [5.74, 6) is 6.09. The molecule has 0 bridgehead atoms. The average molecular weight is 274 g/mol. The maximum absolute atomic E-state index is 14.3. The quantitative estimate of drug-likeness (QED) is 0.665. The molecule has 2 rings (SSSR count). The minimum atomic E-state index is -0.454. The van der Waals surface area contributed by atoms with E-state index in [1.165, 1.54) is 0 Å². The Morgan fingerprint density at radius 2 is 1.90 bits per heavy atom. The van der Waals surface area contributed by atoms with Gasteiger partial charge in [0, 0.05) is 11.1 Å². The number of hydrogen-bond donors (Lipinski definition) is 2. The molecule has 2 aromatic rings. The summed E-state index contributed by atoms with van der Waals surface area (Å²) >= 11 is 0. The largest absolute Gasteiger partial charge is 0.496 e. The van der Waals surface area contributed by atoms with Crippen LogP contribution in [-0.4, -0.2) is 7.11 Å². The lowest BCUT2D eigenvalue weighted by Crippen LogP contribution is -2.30. The van der Waals surface area contributed by atoms with Crippen LogP contribution in [-0.2, 0) is 0 Å². The molecule has 1 atom stereocenters. The summed E-state index contributed by atoms with van der Waals surface area (Å²) in [5.41, 5.74) is 5.67. The molecule has 20 heavy (non-hydrogen) atoms. The van der Waals surface area contributed by atoms with Gasteiger partial charge >= 0.3 is 0 Å². The number of aryl methyl sites for hydroxylation is 2. The third kappa shape index (κ3) is 2.66. The number of ether oxygens (including phenoxy) is 1. The van der Waals surface area contributed by atoms with Gasteiger partial charge in [0.25, 0.3) is 0 Å². The Labute approximate surface area is 118 Å². The summed E-state index contributed by atoms with van der Waals surface area (Å²) in [6, 6.07) is 10.6. The molecule has 0 saturated carbocycles. The third-order valence-corrected chi connectivity index (χ3v) is 3.40. The molecule has 3 nitrogen and oxygen atoms in total. The highest BCUT2D eigenvalue weighted by Crippen LogP contribution is 2.32. The van der Waals surface area contributed by atoms with Crippen LogP contribution in [0.2, 0.25) is 0 Å². The van der Waals surface area contributed by atoms with Crippen molar-refractivity contribution in [3.63, 3.8) is 0 Å². The second-order valence-corrected chi connectivity index (χ2v) is 4.82. The molecule has 3 N–H and O–H groups in total. The molecule has 0 spiro atoms. The second-order valence-electron chi connectivity index (χ2n) is 4.82. The van der Waals surface area contributed by atoms with Crippen LogP contribution < -0.4 is 16.0 Å². The Bertz CT molecular complexity index is 613. The van der Waals surface area contributed by atoms with E-state index < -0.39 is 6.04 Å². The average Bonchev–Trinajstić information content (AvgIpc) is 2.44. The van der Waals surface area contributed by atoms with E-state index in [4.69, 9.17) is 10.6 Å². The SMILES string of the molecule is COc1ccc(C)cc1C(NN)c1cccc(C)c1F. The first-order valence-electron chi connectivity index (χ1n) is 6.44. The summed E-state index contributed by atoms with van der Waals surface area (Å²) in [6.07, 6.45) is 0. The van der Waals surface area contributed by atoms with E-state index in [2.05, 4.69) is 5.43 Å². The molecule has 2 aromatic carbocycles. The Morgan fingerprint density at radius 1 is 1.15 bits per heavy atom. The van der Waals surface area contributed by atoms with E-state index >= 15 is 0 Å². The molecule has 0 heterocycles. The van der Waals surface area contributed by atoms with Crippen molar-refractivity contribution in [2.45, 2.75) is 19.9 Å². The van der Waals surface area contributed by atoms with Crippen molar-refractivity contribution in [3.8, 4) is 5.75 Å². The Hall–Kier alpha value is -1.91. The Morgan fingerprint density at radius 3 is 2.55 bits per heavy atom. The van der Waals surface area contributed by atoms with Gasteiger partial charge in [-0.1, -0.05) is 35.9 Å². The Balaban J connectivity index is 2.58. The molecular weight excluding hydrogens is 255 g/mol. The van der Waals surface area contributed by atoms with Gasteiger partial charge in [-0.3, -0.25) is 5.84 Å². The summed E-state index contributed by atoms with van der Waals surface area (Å²) in [6.45, 7) is 3.71. The Kier molecular flexibility index (Phi) is 4.37. The lowest BCUT2D eigenvalue weighted by atomic mass is 9.95. The van der Waals surface area contributed by atoms with Gasteiger partial charge < -0.3 is 4.74 Å². The van der Waals surface area contributed by atoms with Crippen LogP contribution in [0.15, 0.2) is 36.4 Å². The van der Waals surface area contributed by atoms with E-state index in [1.54, 1.807) is 26.2 Å². The van der Waals surface area contributed by atoms with Gasteiger partial charge in [0.05, 0.1) is 13.2 Å².